The van der Waals surface area contributed by atoms with Crippen molar-refractivity contribution in [3.63, 3.8) is 0 Å². The standard InChI is InChI=1S/C50H84N4O36/c1-12(61)51-23-34(72)39(20(9-59)79-44(23)77)86-47-26(54-15(4)64)35(73)40(21(10-60)84-47)87-48-38(76)41(88-50-43(37(75)30(68)19(8-58)83-50)90-46-25(53-14(3)63)33(71)28(66)17(6-56)81-46)31(69)22(85-48)11-78-49-42(36(74)29(67)18(7-57)82-49)89-45-24(52-13(2)62)32(70)27(65)16(5-55)80-45/h16-50,55-60,65-77H,5-11H2,1-4H3,(H,51,61)(H,52,62)(H,53,63)(H,54,64)/t16-,17-,18-,19-,20-,21-,22-,23-,24-,25-,26-,27-,28-,29-,30-,31-,32-,33-,34-,35-,36+,37+,38+,39-,40-,41+,42+,43+,44-,45+,46+,47+,48+,49?,50?/m1/s1. The van der Waals surface area contributed by atoms with Crippen LogP contribution in [0.25, 0.3) is 0 Å². The first-order valence-electron chi connectivity index (χ1n) is 28.6. The van der Waals surface area contributed by atoms with E-state index < -0.39 is 285 Å². The van der Waals surface area contributed by atoms with E-state index in [1.54, 1.807) is 0 Å². The fourth-order valence-corrected chi connectivity index (χ4v) is 11.5. The van der Waals surface area contributed by atoms with Crippen LogP contribution in [0.15, 0.2) is 0 Å². The van der Waals surface area contributed by atoms with Gasteiger partial charge in [0, 0.05) is 27.7 Å². The molecule has 0 radical (unpaired) electrons. The Kier molecular flexibility index (Phi) is 26.6. The van der Waals surface area contributed by atoms with E-state index in [2.05, 4.69) is 21.3 Å². The van der Waals surface area contributed by atoms with E-state index >= 15 is 0 Å². The third-order valence-electron chi connectivity index (χ3n) is 16.1. The Bertz CT molecular complexity index is 2310. The molecule has 0 saturated carbocycles. The van der Waals surface area contributed by atoms with Crippen LogP contribution in [0.3, 0.4) is 0 Å². The first-order chi connectivity index (χ1) is 42.5. The molecule has 7 rings (SSSR count). The van der Waals surface area contributed by atoms with E-state index in [4.69, 9.17) is 61.6 Å². The third kappa shape index (κ3) is 16.4. The predicted molar refractivity (Wildman–Crippen MR) is 278 cm³/mol. The van der Waals surface area contributed by atoms with Gasteiger partial charge in [-0.15, -0.1) is 0 Å². The second-order valence-corrected chi connectivity index (χ2v) is 22.5. The summed E-state index contributed by atoms with van der Waals surface area (Å²) in [6.45, 7) is -3.14. The zero-order chi connectivity index (χ0) is 66.5. The molecule has 7 saturated heterocycles. The Morgan fingerprint density at radius 2 is 0.589 bits per heavy atom. The molecular weight excluding hydrogens is 1230 g/mol. The van der Waals surface area contributed by atoms with Gasteiger partial charge in [0.05, 0.1) is 46.2 Å². The lowest BCUT2D eigenvalue weighted by Crippen LogP contribution is -2.70. The monoisotopic (exact) mass is 1320 g/mol. The van der Waals surface area contributed by atoms with Gasteiger partial charge < -0.3 is 180 Å². The van der Waals surface area contributed by atoms with Gasteiger partial charge >= 0.3 is 0 Å². The maximum absolute atomic E-state index is 12.8. The SMILES string of the molecule is CC(=O)N[C@@H]1[C@@H](O)[C@H](O[C@@H]2O[C@H](CO)[C@@H](O[C@@H]3O[C@H](COC4O[C@H](CO)[C@@H](O)[C@H](O)[C@@H]4O[C@@H]4O[C@H](CO)[C@@H](O)[C@H](O)[C@H]4NC(C)=O)[C@@H](O)[C@H](OC4O[C@H](CO)[C@@H](O)[C@H](O)[C@@H]4O[C@@H]4O[C@H](CO)[C@@H](O)[C@H](O)[C@H]4NC(C)=O)[C@@H]3O)[C@H](O)[C@H]2NC(C)=O)[C@@H](CO)O[C@H]1O. The second kappa shape index (κ2) is 32.4. The summed E-state index contributed by atoms with van der Waals surface area (Å²) in [5.41, 5.74) is 0. The lowest BCUT2D eigenvalue weighted by molar-refractivity contribution is -0.396. The van der Waals surface area contributed by atoms with Crippen molar-refractivity contribution < 1.29 is 178 Å². The fourth-order valence-electron chi connectivity index (χ4n) is 11.5. The van der Waals surface area contributed by atoms with Crippen molar-refractivity contribution in [2.24, 2.45) is 0 Å². The number of rotatable bonds is 23. The van der Waals surface area contributed by atoms with Gasteiger partial charge in [-0.25, -0.2) is 0 Å². The predicted octanol–water partition coefficient (Wildman–Crippen LogP) is -15.7. The molecule has 520 valence electrons. The van der Waals surface area contributed by atoms with Gasteiger partial charge in [-0.1, -0.05) is 0 Å². The Balaban J connectivity index is 1.25. The molecule has 0 aliphatic carbocycles. The summed E-state index contributed by atoms with van der Waals surface area (Å²) in [4.78, 5) is 49.5. The van der Waals surface area contributed by atoms with Crippen molar-refractivity contribution in [2.75, 3.05) is 46.2 Å². The molecule has 2 unspecified atom stereocenters. The molecule has 4 amide bonds. The smallest absolute Gasteiger partial charge is 0.217 e. The average molecular weight is 1320 g/mol. The third-order valence-corrected chi connectivity index (χ3v) is 16.1. The van der Waals surface area contributed by atoms with Crippen molar-refractivity contribution >= 4 is 23.6 Å². The van der Waals surface area contributed by atoms with Crippen molar-refractivity contribution in [2.45, 2.75) is 242 Å². The number of hydrogen-bond acceptors (Lipinski definition) is 36. The van der Waals surface area contributed by atoms with Crippen molar-refractivity contribution in [1.29, 1.82) is 0 Å². The highest BCUT2D eigenvalue weighted by atomic mass is 16.8. The van der Waals surface area contributed by atoms with Gasteiger partial charge in [0.15, 0.2) is 44.0 Å². The minimum Gasteiger partial charge on any atom is -0.394 e. The van der Waals surface area contributed by atoms with Crippen LogP contribution < -0.4 is 21.3 Å². The molecule has 0 aromatic rings. The summed E-state index contributed by atoms with van der Waals surface area (Å²) in [5, 5.41) is 218. The van der Waals surface area contributed by atoms with Crippen LogP contribution in [0.2, 0.25) is 0 Å². The van der Waals surface area contributed by atoms with Crippen LogP contribution in [0.5, 0.6) is 0 Å². The van der Waals surface area contributed by atoms with Crippen molar-refractivity contribution in [3.8, 4) is 0 Å². The van der Waals surface area contributed by atoms with Gasteiger partial charge in [0.1, 0.15) is 171 Å². The summed E-state index contributed by atoms with van der Waals surface area (Å²) >= 11 is 0. The van der Waals surface area contributed by atoms with Gasteiger partial charge in [-0.05, 0) is 0 Å². The summed E-state index contributed by atoms with van der Waals surface area (Å²) in [6.07, 6.45) is -61.9. The molecule has 0 aromatic heterocycles. The van der Waals surface area contributed by atoms with Gasteiger partial charge in [0.2, 0.25) is 23.6 Å². The quantitative estimate of drug-likeness (QED) is 0.0452. The topological polar surface area (TPSA) is 621 Å². The van der Waals surface area contributed by atoms with Crippen LogP contribution in [0.4, 0.5) is 0 Å². The number of hydrogen-bond donors (Lipinski definition) is 23. The lowest BCUT2D eigenvalue weighted by Gasteiger charge is -2.51. The lowest BCUT2D eigenvalue weighted by atomic mass is 9.93. The first-order valence-corrected chi connectivity index (χ1v) is 28.6. The molecule has 0 bridgehead atoms. The molecule has 40 heteroatoms. The maximum Gasteiger partial charge on any atom is 0.217 e. The van der Waals surface area contributed by atoms with Crippen molar-refractivity contribution in [1.82, 2.24) is 21.3 Å². The van der Waals surface area contributed by atoms with E-state index in [9.17, 15) is 116 Å². The fraction of sp³-hybridized carbons (Fsp3) is 0.920. The molecule has 23 N–H and O–H groups in total. The zero-order valence-corrected chi connectivity index (χ0v) is 48.6. The van der Waals surface area contributed by atoms with Crippen molar-refractivity contribution in [3.05, 3.63) is 0 Å². The molecule has 7 aliphatic rings. The van der Waals surface area contributed by atoms with Crippen LogP contribution in [0, 0.1) is 0 Å². The molecule has 7 heterocycles. The number of carbonyl (C=O) groups excluding carboxylic acids is 4. The van der Waals surface area contributed by atoms with E-state index in [1.807, 2.05) is 0 Å². The molecule has 35 atom stereocenters. The summed E-state index contributed by atoms with van der Waals surface area (Å²) in [7, 11) is 0. The summed E-state index contributed by atoms with van der Waals surface area (Å²) < 4.78 is 76.6. The Morgan fingerprint density at radius 1 is 0.289 bits per heavy atom. The summed E-state index contributed by atoms with van der Waals surface area (Å²) in [5.74, 6) is -3.28. The van der Waals surface area contributed by atoms with Crippen LogP contribution in [0.1, 0.15) is 27.7 Å². The van der Waals surface area contributed by atoms with Crippen LogP contribution >= 0.6 is 0 Å². The molecule has 40 nitrogen and oxygen atoms in total. The largest absolute Gasteiger partial charge is 0.394 e. The molecule has 0 aromatic carbocycles. The highest BCUT2D eigenvalue weighted by Crippen LogP contribution is 2.38. The minimum absolute atomic E-state index is 0.751. The highest BCUT2D eigenvalue weighted by Gasteiger charge is 2.59. The molecular formula is C50H84N4O36. The van der Waals surface area contributed by atoms with Crippen LogP contribution in [-0.2, 0) is 80.8 Å². The Labute approximate surface area is 510 Å². The minimum atomic E-state index is -2.45. The maximum atomic E-state index is 12.8. The number of carbonyl (C=O) groups is 4. The van der Waals surface area contributed by atoms with E-state index in [0.29, 0.717) is 0 Å². The molecule has 7 fully saturated rings. The zero-order valence-electron chi connectivity index (χ0n) is 48.6. The van der Waals surface area contributed by atoms with Gasteiger partial charge in [-0.2, -0.15) is 0 Å². The second-order valence-electron chi connectivity index (χ2n) is 22.5. The Hall–Kier alpha value is -3.40. The number of amides is 4. The molecule has 0 spiro atoms. The number of aliphatic hydroxyl groups excluding tert-OH is 19. The van der Waals surface area contributed by atoms with Crippen LogP contribution in [-0.4, -0.2) is 382 Å². The molecule has 90 heavy (non-hydrogen) atoms. The van der Waals surface area contributed by atoms with Gasteiger partial charge in [0.25, 0.3) is 0 Å². The summed E-state index contributed by atoms with van der Waals surface area (Å²) in [6, 6.07) is -6.84. The highest BCUT2D eigenvalue weighted by molar-refractivity contribution is 5.74. The Morgan fingerprint density at radius 3 is 1.01 bits per heavy atom. The number of aliphatic hydroxyl groups is 19. The van der Waals surface area contributed by atoms with E-state index in [0.717, 1.165) is 27.7 Å². The van der Waals surface area contributed by atoms with Gasteiger partial charge in [-0.3, -0.25) is 19.2 Å². The number of ether oxygens (including phenoxy) is 13. The number of nitrogens with one attached hydrogen (secondary N) is 4. The molecule has 7 aliphatic heterocycles. The van der Waals surface area contributed by atoms with E-state index in [-0.39, 0.29) is 0 Å². The normalized spacial score (nSPS) is 47.6. The first kappa shape index (κ1) is 74.0. The van der Waals surface area contributed by atoms with E-state index in [1.165, 1.54) is 0 Å². The average Bonchev–Trinajstić information content (AvgIpc) is 1.12.